The molecule has 2 N–H and O–H groups in total. The third-order valence-corrected chi connectivity index (χ3v) is 2.08. The number of nitrogens with two attached hydrogens (primary N) is 1. The van der Waals surface area contributed by atoms with E-state index in [-0.39, 0.29) is 0 Å². The highest BCUT2D eigenvalue weighted by Gasteiger charge is 2.11. The lowest BCUT2D eigenvalue weighted by atomic mass is 9.91. The van der Waals surface area contributed by atoms with Crippen LogP contribution >= 0.6 is 0 Å². The summed E-state index contributed by atoms with van der Waals surface area (Å²) in [7, 11) is 0. The van der Waals surface area contributed by atoms with Crippen LogP contribution in [0.4, 0.5) is 0 Å². The summed E-state index contributed by atoms with van der Waals surface area (Å²) < 4.78 is 0. The van der Waals surface area contributed by atoms with Crippen molar-refractivity contribution in [2.75, 3.05) is 6.61 Å². The summed E-state index contributed by atoms with van der Waals surface area (Å²) in [5.74, 6) is 5.63. The quantitative estimate of drug-likeness (QED) is 0.468. The van der Waals surface area contributed by atoms with Crippen LogP contribution in [0.15, 0.2) is 11.6 Å². The summed E-state index contributed by atoms with van der Waals surface area (Å²) in [6, 6.07) is 0. The smallest absolute Gasteiger partial charge is 0.0710 e. The molecule has 0 heterocycles. The van der Waals surface area contributed by atoms with Crippen molar-refractivity contribution in [1.29, 1.82) is 0 Å². The topological polar surface area (TPSA) is 35.2 Å². The molecule has 0 spiro atoms. The molecule has 0 aromatic heterocycles. The van der Waals surface area contributed by atoms with Crippen molar-refractivity contribution < 1.29 is 4.84 Å². The second kappa shape index (κ2) is 3.74. The van der Waals surface area contributed by atoms with Crippen molar-refractivity contribution in [3.8, 4) is 0 Å². The van der Waals surface area contributed by atoms with Gasteiger partial charge in [-0.05, 0) is 32.1 Å². The standard InChI is InChI=1S/C8H15NO/c1-7-2-4-8(5-3-7)6-10-9/h2,8H,3-6,9H2,1H3. The fourth-order valence-electron chi connectivity index (χ4n) is 1.31. The lowest BCUT2D eigenvalue weighted by Gasteiger charge is -2.18. The van der Waals surface area contributed by atoms with Crippen LogP contribution in [0, 0.1) is 5.92 Å². The highest BCUT2D eigenvalue weighted by Crippen LogP contribution is 2.22. The molecule has 0 aromatic rings. The highest BCUT2D eigenvalue weighted by molar-refractivity contribution is 5.02. The Labute approximate surface area is 62.0 Å². The van der Waals surface area contributed by atoms with Gasteiger partial charge in [0.15, 0.2) is 0 Å². The van der Waals surface area contributed by atoms with Crippen molar-refractivity contribution in [2.45, 2.75) is 26.2 Å². The van der Waals surface area contributed by atoms with E-state index in [1.807, 2.05) is 0 Å². The third kappa shape index (κ3) is 2.12. The van der Waals surface area contributed by atoms with Crippen LogP contribution in [0.25, 0.3) is 0 Å². The zero-order valence-electron chi connectivity index (χ0n) is 6.47. The van der Waals surface area contributed by atoms with Gasteiger partial charge in [0.05, 0.1) is 6.61 Å². The van der Waals surface area contributed by atoms with E-state index in [0.717, 1.165) is 6.42 Å². The Hall–Kier alpha value is -0.340. The molecule has 1 unspecified atom stereocenters. The normalized spacial score (nSPS) is 26.2. The van der Waals surface area contributed by atoms with Gasteiger partial charge in [-0.1, -0.05) is 11.6 Å². The maximum Gasteiger partial charge on any atom is 0.0710 e. The third-order valence-electron chi connectivity index (χ3n) is 2.08. The van der Waals surface area contributed by atoms with Crippen LogP contribution in [0.3, 0.4) is 0 Å². The van der Waals surface area contributed by atoms with Crippen molar-refractivity contribution in [2.24, 2.45) is 11.8 Å². The van der Waals surface area contributed by atoms with Gasteiger partial charge in [-0.2, -0.15) is 0 Å². The van der Waals surface area contributed by atoms with E-state index in [0.29, 0.717) is 12.5 Å². The lowest BCUT2D eigenvalue weighted by molar-refractivity contribution is 0.0973. The number of hydrogen-bond donors (Lipinski definition) is 1. The van der Waals surface area contributed by atoms with Crippen molar-refractivity contribution in [3.63, 3.8) is 0 Å². The Morgan fingerprint density at radius 2 is 2.60 bits per heavy atom. The second-order valence-corrected chi connectivity index (χ2v) is 3.02. The molecule has 0 bridgehead atoms. The van der Waals surface area contributed by atoms with Crippen LogP contribution in [0.1, 0.15) is 26.2 Å². The maximum atomic E-state index is 4.97. The average molecular weight is 141 g/mol. The SMILES string of the molecule is CC1=CCC(CON)CC1. The molecule has 2 nitrogen and oxygen atoms in total. The summed E-state index contributed by atoms with van der Waals surface area (Å²) >= 11 is 0. The van der Waals surface area contributed by atoms with E-state index in [1.54, 1.807) is 0 Å². The minimum Gasteiger partial charge on any atom is -0.304 e. The molecule has 10 heavy (non-hydrogen) atoms. The largest absolute Gasteiger partial charge is 0.304 e. The fraction of sp³-hybridized carbons (Fsp3) is 0.750. The maximum absolute atomic E-state index is 4.97. The molecule has 1 rings (SSSR count). The van der Waals surface area contributed by atoms with Crippen molar-refractivity contribution >= 4 is 0 Å². The molecule has 2 heteroatoms. The lowest BCUT2D eigenvalue weighted by Crippen LogP contribution is -2.14. The van der Waals surface area contributed by atoms with Crippen LogP contribution in [-0.4, -0.2) is 6.61 Å². The molecule has 0 aromatic carbocycles. The van der Waals surface area contributed by atoms with Crippen molar-refractivity contribution in [3.05, 3.63) is 11.6 Å². The molecule has 58 valence electrons. The van der Waals surface area contributed by atoms with E-state index in [9.17, 15) is 0 Å². The number of hydrogen-bond acceptors (Lipinski definition) is 2. The van der Waals surface area contributed by atoms with Gasteiger partial charge in [0.2, 0.25) is 0 Å². The monoisotopic (exact) mass is 141 g/mol. The predicted octanol–water partition coefficient (Wildman–Crippen LogP) is 1.62. The first-order valence-corrected chi connectivity index (χ1v) is 3.80. The van der Waals surface area contributed by atoms with Gasteiger partial charge >= 0.3 is 0 Å². The summed E-state index contributed by atoms with van der Waals surface area (Å²) in [6.07, 6.45) is 5.88. The molecule has 1 aliphatic carbocycles. The Bertz CT molecular complexity index is 131. The Kier molecular flexibility index (Phi) is 2.90. The van der Waals surface area contributed by atoms with Crippen LogP contribution in [0.5, 0.6) is 0 Å². The molecule has 1 aliphatic rings. The van der Waals surface area contributed by atoms with Gasteiger partial charge in [0, 0.05) is 0 Å². The van der Waals surface area contributed by atoms with Gasteiger partial charge in [-0.25, -0.2) is 5.90 Å². The molecular weight excluding hydrogens is 126 g/mol. The number of rotatable bonds is 2. The van der Waals surface area contributed by atoms with Crippen LogP contribution in [-0.2, 0) is 4.84 Å². The van der Waals surface area contributed by atoms with Crippen LogP contribution < -0.4 is 5.90 Å². The van der Waals surface area contributed by atoms with Gasteiger partial charge in [0.25, 0.3) is 0 Å². The zero-order valence-corrected chi connectivity index (χ0v) is 6.47. The molecule has 0 radical (unpaired) electrons. The summed E-state index contributed by atoms with van der Waals surface area (Å²) in [6.45, 7) is 2.89. The molecule has 0 amide bonds. The van der Waals surface area contributed by atoms with E-state index in [1.165, 1.54) is 18.4 Å². The van der Waals surface area contributed by atoms with Gasteiger partial charge in [-0.3, -0.25) is 0 Å². The molecular formula is C8H15NO. The summed E-state index contributed by atoms with van der Waals surface area (Å²) in [5.41, 5.74) is 1.51. The highest BCUT2D eigenvalue weighted by atomic mass is 16.6. The first-order chi connectivity index (χ1) is 4.83. The molecule has 0 saturated carbocycles. The van der Waals surface area contributed by atoms with E-state index < -0.39 is 0 Å². The Morgan fingerprint density at radius 3 is 3.10 bits per heavy atom. The number of allylic oxidation sites excluding steroid dienone is 2. The zero-order chi connectivity index (χ0) is 7.40. The van der Waals surface area contributed by atoms with Crippen LogP contribution in [0.2, 0.25) is 0 Å². The second-order valence-electron chi connectivity index (χ2n) is 3.02. The molecule has 0 saturated heterocycles. The minimum atomic E-state index is 0.661. The van der Waals surface area contributed by atoms with Gasteiger partial charge < -0.3 is 4.84 Å². The average Bonchev–Trinajstić information content (AvgIpc) is 1.95. The predicted molar refractivity (Wildman–Crippen MR) is 41.2 cm³/mol. The first-order valence-electron chi connectivity index (χ1n) is 3.80. The van der Waals surface area contributed by atoms with E-state index >= 15 is 0 Å². The molecule has 0 fully saturated rings. The summed E-state index contributed by atoms with van der Waals surface area (Å²) in [5, 5.41) is 0. The molecule has 0 aliphatic heterocycles. The van der Waals surface area contributed by atoms with Gasteiger partial charge in [-0.15, -0.1) is 0 Å². The Morgan fingerprint density at radius 1 is 1.80 bits per heavy atom. The Balaban J connectivity index is 2.27. The first kappa shape index (κ1) is 7.76. The van der Waals surface area contributed by atoms with Crippen molar-refractivity contribution in [1.82, 2.24) is 0 Å². The molecule has 1 atom stereocenters. The van der Waals surface area contributed by atoms with E-state index in [4.69, 9.17) is 5.90 Å². The minimum absolute atomic E-state index is 0.661. The van der Waals surface area contributed by atoms with Gasteiger partial charge in [0.1, 0.15) is 0 Å². The fourth-order valence-corrected chi connectivity index (χ4v) is 1.31. The van der Waals surface area contributed by atoms with E-state index in [2.05, 4.69) is 17.8 Å². The summed E-state index contributed by atoms with van der Waals surface area (Å²) in [4.78, 5) is 4.59.